The lowest BCUT2D eigenvalue weighted by molar-refractivity contribution is 1.22. The van der Waals surface area contributed by atoms with Crippen molar-refractivity contribution < 1.29 is 0 Å². The topological polar surface area (TPSA) is 119 Å². The van der Waals surface area contributed by atoms with Crippen molar-refractivity contribution in [3.05, 3.63) is 36.8 Å². The second-order valence-electron chi connectivity index (χ2n) is 3.11. The molecule has 0 atom stereocenters. The van der Waals surface area contributed by atoms with Gasteiger partial charge in [0.2, 0.25) is 5.95 Å². The van der Waals surface area contributed by atoms with Crippen LogP contribution in [0.5, 0.6) is 0 Å². The predicted octanol–water partition coefficient (Wildman–Crippen LogP) is 0.599. The van der Waals surface area contributed by atoms with E-state index in [0.29, 0.717) is 17.1 Å². The van der Waals surface area contributed by atoms with E-state index in [1.54, 1.807) is 18.6 Å². The van der Waals surface area contributed by atoms with Gasteiger partial charge in [-0.1, -0.05) is 6.07 Å². The van der Waals surface area contributed by atoms with Crippen molar-refractivity contribution in [2.45, 2.75) is 0 Å². The van der Waals surface area contributed by atoms with Crippen LogP contribution >= 0.6 is 0 Å². The second-order valence-corrected chi connectivity index (χ2v) is 3.11. The lowest BCUT2D eigenvalue weighted by Gasteiger charge is -1.87. The van der Waals surface area contributed by atoms with E-state index in [1.165, 1.54) is 0 Å². The van der Waals surface area contributed by atoms with Gasteiger partial charge in [0.05, 0.1) is 6.20 Å². The molecule has 0 aliphatic carbocycles. The summed E-state index contributed by atoms with van der Waals surface area (Å²) in [6.07, 6.45) is 5.04. The monoisotopic (exact) mass is 229 g/mol. The zero-order valence-electron chi connectivity index (χ0n) is 8.91. The molecule has 0 bridgehead atoms. The molecule has 86 valence electrons. The fourth-order valence-corrected chi connectivity index (χ4v) is 1.15. The van der Waals surface area contributed by atoms with Gasteiger partial charge in [-0.05, 0) is 12.1 Å². The summed E-state index contributed by atoms with van der Waals surface area (Å²) >= 11 is 0. The van der Waals surface area contributed by atoms with E-state index >= 15 is 0 Å². The number of hydrogen-bond acceptors (Lipinski definition) is 6. The van der Waals surface area contributed by atoms with E-state index in [4.69, 9.17) is 11.5 Å². The summed E-state index contributed by atoms with van der Waals surface area (Å²) in [6, 6.07) is 5.72. The number of nitrogens with zero attached hydrogens (tertiary/aromatic N) is 4. The van der Waals surface area contributed by atoms with Gasteiger partial charge in [0.25, 0.3) is 0 Å². The second kappa shape index (κ2) is 4.88. The van der Waals surface area contributed by atoms with Crippen LogP contribution < -0.4 is 11.5 Å². The first-order valence-electron chi connectivity index (χ1n) is 4.84. The van der Waals surface area contributed by atoms with Crippen LogP contribution in [0, 0.1) is 0 Å². The van der Waals surface area contributed by atoms with Crippen LogP contribution in [0.1, 0.15) is 0 Å². The van der Waals surface area contributed by atoms with Crippen LogP contribution in [-0.2, 0) is 0 Å². The minimum absolute atomic E-state index is 0.198. The van der Waals surface area contributed by atoms with Gasteiger partial charge >= 0.3 is 0 Å². The number of anilines is 2. The molecule has 0 saturated heterocycles. The quantitative estimate of drug-likeness (QED) is 0.519. The number of nitrogens with one attached hydrogen (secondary N) is 1. The molecule has 5 N–H and O–H groups in total. The lowest BCUT2D eigenvalue weighted by atomic mass is 10.5. The molecule has 3 rings (SSSR count). The van der Waals surface area contributed by atoms with E-state index < -0.39 is 0 Å². The highest BCUT2D eigenvalue weighted by Crippen LogP contribution is 2.08. The minimum atomic E-state index is 0.198. The molecule has 0 unspecified atom stereocenters. The molecule has 7 heteroatoms. The van der Waals surface area contributed by atoms with Crippen molar-refractivity contribution in [2.75, 3.05) is 11.5 Å². The number of hydrogen-bond donors (Lipinski definition) is 3. The molecule has 0 spiro atoms. The smallest absolute Gasteiger partial charge is 0.222 e. The first-order valence-corrected chi connectivity index (χ1v) is 4.84. The van der Waals surface area contributed by atoms with Crippen molar-refractivity contribution in [1.82, 2.24) is 24.9 Å². The maximum atomic E-state index is 5.37. The molecule has 0 aliphatic heterocycles. The molecule has 0 radical (unpaired) electrons. The van der Waals surface area contributed by atoms with Crippen molar-refractivity contribution in [2.24, 2.45) is 0 Å². The Hall–Kier alpha value is -2.70. The summed E-state index contributed by atoms with van der Waals surface area (Å²) < 4.78 is 0. The van der Waals surface area contributed by atoms with Crippen LogP contribution in [0.2, 0.25) is 0 Å². The van der Waals surface area contributed by atoms with Gasteiger partial charge in [0, 0.05) is 12.4 Å². The summed E-state index contributed by atoms with van der Waals surface area (Å²) in [4.78, 5) is 18.0. The summed E-state index contributed by atoms with van der Waals surface area (Å²) in [5.74, 6) is 0.518. The zero-order valence-corrected chi connectivity index (χ0v) is 8.91. The van der Waals surface area contributed by atoms with E-state index in [1.807, 2.05) is 18.2 Å². The Morgan fingerprint density at radius 3 is 2.35 bits per heavy atom. The Bertz CT molecular complexity index is 563. The Kier molecular flexibility index (Phi) is 3.10. The number of H-pyrrole nitrogens is 1. The van der Waals surface area contributed by atoms with Crippen molar-refractivity contribution in [3.63, 3.8) is 0 Å². The highest BCUT2D eigenvalue weighted by atomic mass is 15.1. The Balaban J connectivity index is 0.000000153. The number of pyridine rings is 1. The van der Waals surface area contributed by atoms with Crippen molar-refractivity contribution >= 4 is 23.1 Å². The molecular formula is C10H11N7. The van der Waals surface area contributed by atoms with Gasteiger partial charge < -0.3 is 16.5 Å². The van der Waals surface area contributed by atoms with Crippen molar-refractivity contribution in [3.8, 4) is 0 Å². The average Bonchev–Trinajstić information content (AvgIpc) is 2.71. The molecule has 0 aliphatic rings. The Morgan fingerprint density at radius 1 is 1.00 bits per heavy atom. The largest absolute Gasteiger partial charge is 0.369 e. The minimum Gasteiger partial charge on any atom is -0.369 e. The molecular weight excluding hydrogens is 218 g/mol. The average molecular weight is 229 g/mol. The highest BCUT2D eigenvalue weighted by molar-refractivity contribution is 5.72. The number of nitrogen functional groups attached to an aromatic ring is 2. The summed E-state index contributed by atoms with van der Waals surface area (Å²) in [5.41, 5.74) is 11.9. The van der Waals surface area contributed by atoms with Gasteiger partial charge in [-0.25, -0.2) is 4.98 Å². The maximum absolute atomic E-state index is 5.37. The van der Waals surface area contributed by atoms with Gasteiger partial charge in [-0.3, -0.25) is 4.98 Å². The van der Waals surface area contributed by atoms with Crippen LogP contribution in [0.25, 0.3) is 11.2 Å². The van der Waals surface area contributed by atoms with Crippen LogP contribution in [0.4, 0.5) is 11.9 Å². The summed E-state index contributed by atoms with van der Waals surface area (Å²) in [5, 5.41) is 0. The molecule has 0 fully saturated rings. The molecule has 0 saturated carbocycles. The zero-order chi connectivity index (χ0) is 12.1. The molecule has 3 heterocycles. The third-order valence-electron chi connectivity index (χ3n) is 1.84. The van der Waals surface area contributed by atoms with Gasteiger partial charge in [0.15, 0.2) is 11.6 Å². The molecule has 0 aromatic carbocycles. The van der Waals surface area contributed by atoms with Gasteiger partial charge in [-0.2, -0.15) is 9.97 Å². The lowest BCUT2D eigenvalue weighted by Crippen LogP contribution is -1.93. The molecule has 0 amide bonds. The third-order valence-corrected chi connectivity index (χ3v) is 1.84. The first-order chi connectivity index (χ1) is 8.25. The standard InChI is InChI=1S/C5H6N6.C5H5N/c6-4-8-1-2-3(10-4)11-5(7)9-2;1-2-4-6-5-3-1/h1H,(H5,6,7,8,9,10,11);1-5H. The predicted molar refractivity (Wildman–Crippen MR) is 64.7 cm³/mol. The maximum Gasteiger partial charge on any atom is 0.222 e. The fraction of sp³-hybridized carbons (Fsp3) is 0. The van der Waals surface area contributed by atoms with Crippen LogP contribution in [0.3, 0.4) is 0 Å². The molecule has 7 nitrogen and oxygen atoms in total. The van der Waals surface area contributed by atoms with Crippen molar-refractivity contribution in [1.29, 1.82) is 0 Å². The fourth-order valence-electron chi connectivity index (χ4n) is 1.15. The molecule has 3 aromatic rings. The van der Waals surface area contributed by atoms with Gasteiger partial charge in [-0.15, -0.1) is 0 Å². The van der Waals surface area contributed by atoms with E-state index in [-0.39, 0.29) is 5.95 Å². The number of imidazole rings is 1. The summed E-state index contributed by atoms with van der Waals surface area (Å²) in [6.45, 7) is 0. The molecule has 17 heavy (non-hydrogen) atoms. The van der Waals surface area contributed by atoms with Crippen LogP contribution in [-0.4, -0.2) is 24.9 Å². The van der Waals surface area contributed by atoms with Crippen LogP contribution in [0.15, 0.2) is 36.8 Å². The Morgan fingerprint density at radius 2 is 1.76 bits per heavy atom. The first kappa shape index (κ1) is 10.8. The number of nitrogens with two attached hydrogens (primary N) is 2. The number of aromatic nitrogens is 5. The highest BCUT2D eigenvalue weighted by Gasteiger charge is 2.00. The van der Waals surface area contributed by atoms with E-state index in [9.17, 15) is 0 Å². The molecule has 3 aromatic heterocycles. The van der Waals surface area contributed by atoms with Gasteiger partial charge in [0.1, 0.15) is 5.52 Å². The Labute approximate surface area is 96.9 Å². The normalized spacial score (nSPS) is 9.65. The van der Waals surface area contributed by atoms with E-state index in [2.05, 4.69) is 24.9 Å². The third kappa shape index (κ3) is 2.88. The number of fused-ring (bicyclic) bond motifs is 1. The van der Waals surface area contributed by atoms with E-state index in [0.717, 1.165) is 0 Å². The summed E-state index contributed by atoms with van der Waals surface area (Å²) in [7, 11) is 0. The number of aromatic amines is 1. The SMILES string of the molecule is Nc1ncc2[nH]c(N)nc2n1.c1ccncc1. The number of rotatable bonds is 0.